The molecule has 10 aromatic rings. The Labute approximate surface area is 374 Å². The van der Waals surface area contributed by atoms with E-state index in [0.29, 0.717) is 0 Å². The van der Waals surface area contributed by atoms with Gasteiger partial charge in [-0.25, -0.2) is 0 Å². The van der Waals surface area contributed by atoms with E-state index in [1.54, 1.807) is 0 Å². The first kappa shape index (κ1) is 36.0. The van der Waals surface area contributed by atoms with Crippen molar-refractivity contribution in [3.05, 3.63) is 287 Å². The van der Waals surface area contributed by atoms with Crippen LogP contribution in [0, 0.1) is 0 Å². The van der Waals surface area contributed by atoms with Gasteiger partial charge in [-0.05, 0) is 113 Å². The third-order valence-corrected chi connectivity index (χ3v) is 18.5. The highest BCUT2D eigenvalue weighted by Gasteiger charge is 2.54. The molecule has 0 unspecified atom stereocenters. The number of benzene rings is 10. The molecule has 0 aromatic heterocycles. The first-order valence-electron chi connectivity index (χ1n) is 22.4. The van der Waals surface area contributed by atoms with Crippen LogP contribution < -0.4 is 15.9 Å². The molecule has 0 fully saturated rings. The Morgan fingerprint density at radius 2 is 0.516 bits per heavy atom. The molecular formula is C62H40NP. The van der Waals surface area contributed by atoms with Crippen molar-refractivity contribution in [2.24, 2.45) is 4.74 Å². The van der Waals surface area contributed by atoms with Gasteiger partial charge in [-0.2, -0.15) is 0 Å². The summed E-state index contributed by atoms with van der Waals surface area (Å²) in [6.07, 6.45) is 0. The summed E-state index contributed by atoms with van der Waals surface area (Å²) in [4.78, 5) is 0. The Hall–Kier alpha value is -7.57. The topological polar surface area (TPSA) is 12.4 Å². The molecule has 64 heavy (non-hydrogen) atoms. The molecule has 0 saturated carbocycles. The second-order valence-corrected chi connectivity index (χ2v) is 20.7. The SMILES string of the molecule is c1ccc(N=P(c2ccccc2)(c2ccc3c(c2)C2(c4ccccc4-c4ccccc42)c2ccccc2-3)c2ccc3c(c2)C2(c4ccccc4-c4ccccc42)c2ccccc2-3)cc1. The van der Waals surface area contributed by atoms with Crippen molar-refractivity contribution in [3.63, 3.8) is 0 Å². The number of nitrogens with zero attached hydrogens (tertiary/aromatic N) is 1. The summed E-state index contributed by atoms with van der Waals surface area (Å²) in [6.45, 7) is 0. The molecule has 2 spiro atoms. The van der Waals surface area contributed by atoms with Crippen LogP contribution in [0.15, 0.2) is 247 Å². The van der Waals surface area contributed by atoms with Gasteiger partial charge in [-0.3, -0.25) is 4.74 Å². The van der Waals surface area contributed by atoms with Gasteiger partial charge in [0, 0.05) is 15.9 Å². The lowest BCUT2D eigenvalue weighted by molar-refractivity contribution is 0.794. The maximum atomic E-state index is 6.17. The van der Waals surface area contributed by atoms with Crippen LogP contribution in [0.1, 0.15) is 44.5 Å². The molecule has 0 saturated heterocycles. The van der Waals surface area contributed by atoms with E-state index >= 15 is 0 Å². The standard InChI is InChI=1S/C62H40NP/c1-3-19-41(20-4-1)63-64(42-21-5-2-6-22-42,43-35-37-51-49-27-11-17-33-57(49)61(59(51)39-43)53-29-13-7-23-45(53)46-24-8-14-30-54(46)61)44-36-38-52-50-28-12-18-34-58(50)62(60(52)40-44)55-31-15-9-25-47(55)48-26-10-16-32-56(48)62/h1-40H. The fourth-order valence-corrected chi connectivity index (χ4v) is 16.0. The van der Waals surface area contributed by atoms with Gasteiger partial charge >= 0.3 is 0 Å². The van der Waals surface area contributed by atoms with Gasteiger partial charge in [0.2, 0.25) is 0 Å². The zero-order chi connectivity index (χ0) is 42.0. The highest BCUT2D eigenvalue weighted by molar-refractivity contribution is 7.87. The van der Waals surface area contributed by atoms with E-state index in [0.717, 1.165) is 5.69 Å². The van der Waals surface area contributed by atoms with Gasteiger partial charge < -0.3 is 0 Å². The number of fused-ring (bicyclic) bond motifs is 20. The fourth-order valence-electron chi connectivity index (χ4n) is 12.5. The summed E-state index contributed by atoms with van der Waals surface area (Å²) in [5, 5.41) is 3.71. The quantitative estimate of drug-likeness (QED) is 0.157. The van der Waals surface area contributed by atoms with Crippen LogP contribution in [0.25, 0.3) is 44.5 Å². The monoisotopic (exact) mass is 829 g/mol. The lowest BCUT2D eigenvalue weighted by atomic mass is 9.70. The van der Waals surface area contributed by atoms with Crippen LogP contribution in [0.5, 0.6) is 0 Å². The minimum Gasteiger partial charge on any atom is -0.254 e. The summed E-state index contributed by atoms with van der Waals surface area (Å²) >= 11 is 0. The molecule has 0 atom stereocenters. The zero-order valence-corrected chi connectivity index (χ0v) is 35.9. The van der Waals surface area contributed by atoms with Gasteiger partial charge in [0.25, 0.3) is 0 Å². The number of hydrogen-bond donors (Lipinski definition) is 0. The van der Waals surface area contributed by atoms with Gasteiger partial charge in [-0.1, -0.05) is 218 Å². The summed E-state index contributed by atoms with van der Waals surface area (Å²) in [5.74, 6) is 0. The van der Waals surface area contributed by atoms with Gasteiger partial charge in [0.15, 0.2) is 0 Å². The van der Waals surface area contributed by atoms with E-state index < -0.39 is 17.9 Å². The molecule has 4 aliphatic rings. The van der Waals surface area contributed by atoms with E-state index in [4.69, 9.17) is 4.74 Å². The largest absolute Gasteiger partial charge is 0.254 e. The first-order valence-corrected chi connectivity index (χ1v) is 24.1. The molecule has 0 N–H and O–H groups in total. The Morgan fingerprint density at radius 1 is 0.234 bits per heavy atom. The second-order valence-electron chi connectivity index (χ2n) is 17.6. The van der Waals surface area contributed by atoms with Crippen molar-refractivity contribution >= 4 is 28.7 Å². The highest BCUT2D eigenvalue weighted by atomic mass is 31.2. The average Bonchev–Trinajstić information content (AvgIpc) is 4.05. The zero-order valence-electron chi connectivity index (χ0n) is 35.0. The molecular weight excluding hydrogens is 790 g/mol. The smallest absolute Gasteiger partial charge is 0.0725 e. The third kappa shape index (κ3) is 4.42. The van der Waals surface area contributed by atoms with Crippen LogP contribution in [-0.4, -0.2) is 0 Å². The maximum Gasteiger partial charge on any atom is 0.0725 e. The molecule has 298 valence electrons. The summed E-state index contributed by atoms with van der Waals surface area (Å²) in [6, 6.07) is 91.4. The van der Waals surface area contributed by atoms with Gasteiger partial charge in [0.05, 0.1) is 23.6 Å². The minimum absolute atomic E-state index is 0.477. The van der Waals surface area contributed by atoms with Gasteiger partial charge in [0.1, 0.15) is 0 Å². The molecule has 0 amide bonds. The van der Waals surface area contributed by atoms with Crippen LogP contribution in [-0.2, 0) is 10.8 Å². The van der Waals surface area contributed by atoms with Crippen LogP contribution in [0.4, 0.5) is 5.69 Å². The first-order chi connectivity index (χ1) is 31.7. The highest BCUT2D eigenvalue weighted by Crippen LogP contribution is 2.65. The Bertz CT molecular complexity index is 3310. The number of hydrogen-bond acceptors (Lipinski definition) is 1. The lowest BCUT2D eigenvalue weighted by Gasteiger charge is -2.34. The maximum absolute atomic E-state index is 6.17. The Balaban J connectivity index is 1.12. The molecule has 0 radical (unpaired) electrons. The molecule has 4 aliphatic carbocycles. The molecule has 0 aliphatic heterocycles. The lowest BCUT2D eigenvalue weighted by Crippen LogP contribution is -2.31. The van der Waals surface area contributed by atoms with Crippen LogP contribution in [0.3, 0.4) is 0 Å². The normalized spacial score (nSPS) is 14.5. The Kier molecular flexibility index (Phi) is 7.43. The summed E-state index contributed by atoms with van der Waals surface area (Å²) < 4.78 is 6.17. The third-order valence-electron chi connectivity index (χ3n) is 14.9. The van der Waals surface area contributed by atoms with Crippen molar-refractivity contribution in [3.8, 4) is 44.5 Å². The number of rotatable bonds is 4. The molecule has 1 nitrogen and oxygen atoms in total. The van der Waals surface area contributed by atoms with Crippen molar-refractivity contribution < 1.29 is 0 Å². The van der Waals surface area contributed by atoms with Crippen molar-refractivity contribution in [2.75, 3.05) is 0 Å². The van der Waals surface area contributed by atoms with Crippen LogP contribution in [0.2, 0.25) is 0 Å². The van der Waals surface area contributed by atoms with E-state index in [1.807, 2.05) is 0 Å². The summed E-state index contributed by atoms with van der Waals surface area (Å²) in [5.41, 5.74) is 21.2. The van der Waals surface area contributed by atoms with E-state index in [9.17, 15) is 0 Å². The van der Waals surface area contributed by atoms with E-state index in [1.165, 1.54) is 105 Å². The molecule has 10 aromatic carbocycles. The molecule has 0 bridgehead atoms. The fraction of sp³-hybridized carbons (Fsp3) is 0.0323. The van der Waals surface area contributed by atoms with E-state index in [-0.39, 0.29) is 0 Å². The van der Waals surface area contributed by atoms with E-state index in [2.05, 4.69) is 243 Å². The predicted molar refractivity (Wildman–Crippen MR) is 266 cm³/mol. The summed E-state index contributed by atoms with van der Waals surface area (Å²) in [7, 11) is -2.86. The average molecular weight is 830 g/mol. The molecule has 0 heterocycles. The van der Waals surface area contributed by atoms with Crippen molar-refractivity contribution in [1.82, 2.24) is 0 Å². The predicted octanol–water partition coefficient (Wildman–Crippen LogP) is 14.2. The van der Waals surface area contributed by atoms with Gasteiger partial charge in [-0.15, -0.1) is 0 Å². The Morgan fingerprint density at radius 3 is 0.859 bits per heavy atom. The van der Waals surface area contributed by atoms with Crippen LogP contribution >= 0.6 is 7.05 Å². The molecule has 14 rings (SSSR count). The minimum atomic E-state index is -2.86. The van der Waals surface area contributed by atoms with Crippen molar-refractivity contribution in [2.45, 2.75) is 10.8 Å². The van der Waals surface area contributed by atoms with Crippen molar-refractivity contribution in [1.29, 1.82) is 0 Å². The molecule has 2 heteroatoms. The second kappa shape index (κ2) is 13.2.